The number of aliphatic hydroxyl groups excluding tert-OH is 2. The molecule has 0 amide bonds. The van der Waals surface area contributed by atoms with Crippen LogP contribution in [0.1, 0.15) is 6.92 Å². The van der Waals surface area contributed by atoms with E-state index in [4.69, 9.17) is 0 Å². The van der Waals surface area contributed by atoms with Gasteiger partial charge in [0.25, 0.3) is 5.56 Å². The summed E-state index contributed by atoms with van der Waals surface area (Å²) in [5, 5.41) is 20.5. The molecule has 2 heterocycles. The molecule has 0 fully saturated rings. The quantitative estimate of drug-likeness (QED) is 0.773. The molecule has 116 valence electrons. The zero-order chi connectivity index (χ0) is 15.5. The number of hydrogen-bond acceptors (Lipinski definition) is 6. The lowest BCUT2D eigenvalue weighted by atomic mass is 9.92. The molecule has 0 spiro atoms. The van der Waals surface area contributed by atoms with E-state index in [0.29, 0.717) is 24.3 Å². The van der Waals surface area contributed by atoms with Crippen LogP contribution in [0.3, 0.4) is 0 Å². The molecule has 0 aliphatic carbocycles. The second-order valence-corrected chi connectivity index (χ2v) is 6.66. The zero-order valence-corrected chi connectivity index (χ0v) is 13.1. The van der Waals surface area contributed by atoms with Gasteiger partial charge in [0.15, 0.2) is 0 Å². The second-order valence-electron chi connectivity index (χ2n) is 5.74. The predicted molar refractivity (Wildman–Crippen MR) is 83.7 cm³/mol. The van der Waals surface area contributed by atoms with Crippen molar-refractivity contribution in [3.05, 3.63) is 28.1 Å². The number of fused-ring (bicyclic) bond motifs is 1. The van der Waals surface area contributed by atoms with E-state index in [9.17, 15) is 15.0 Å². The van der Waals surface area contributed by atoms with Crippen LogP contribution >= 0.6 is 11.3 Å². The first kappa shape index (κ1) is 16.1. The van der Waals surface area contributed by atoms with Gasteiger partial charge < -0.3 is 15.1 Å². The largest absolute Gasteiger partial charge is 0.396 e. The Kier molecular flexibility index (Phi) is 5.10. The van der Waals surface area contributed by atoms with Gasteiger partial charge in [0.2, 0.25) is 0 Å². The molecule has 7 heteroatoms. The van der Waals surface area contributed by atoms with Crippen LogP contribution in [0.4, 0.5) is 0 Å². The lowest BCUT2D eigenvalue weighted by Crippen LogP contribution is -2.40. The average molecular weight is 311 g/mol. The topological polar surface area (TPSA) is 78.6 Å². The van der Waals surface area contributed by atoms with E-state index in [1.54, 1.807) is 10.9 Å². The minimum atomic E-state index is -0.532. The number of nitrogens with zero attached hydrogens (tertiary/aromatic N) is 3. The fourth-order valence-electron chi connectivity index (χ4n) is 2.20. The smallest absolute Gasteiger partial charge is 0.271 e. The van der Waals surface area contributed by atoms with Crippen molar-refractivity contribution in [3.8, 4) is 0 Å². The first-order valence-electron chi connectivity index (χ1n) is 6.82. The highest BCUT2D eigenvalue weighted by molar-refractivity contribution is 7.17. The van der Waals surface area contributed by atoms with Crippen molar-refractivity contribution < 1.29 is 10.2 Å². The van der Waals surface area contributed by atoms with Crippen molar-refractivity contribution in [3.63, 3.8) is 0 Å². The summed E-state index contributed by atoms with van der Waals surface area (Å²) in [6, 6.07) is 1.84. The molecule has 21 heavy (non-hydrogen) atoms. The van der Waals surface area contributed by atoms with Crippen molar-refractivity contribution in [1.82, 2.24) is 14.5 Å². The molecule has 2 aromatic heterocycles. The van der Waals surface area contributed by atoms with E-state index in [1.807, 2.05) is 30.3 Å². The Hall–Kier alpha value is -1.28. The highest BCUT2D eigenvalue weighted by atomic mass is 32.1. The van der Waals surface area contributed by atoms with Gasteiger partial charge >= 0.3 is 0 Å². The van der Waals surface area contributed by atoms with Gasteiger partial charge in [0.05, 0.1) is 25.1 Å². The molecule has 2 N–H and O–H groups in total. The molecule has 0 aliphatic heterocycles. The molecule has 0 saturated carbocycles. The summed E-state index contributed by atoms with van der Waals surface area (Å²) < 4.78 is 2.28. The van der Waals surface area contributed by atoms with Crippen LogP contribution in [0.5, 0.6) is 0 Å². The van der Waals surface area contributed by atoms with Crippen molar-refractivity contribution in [2.45, 2.75) is 13.5 Å². The SMILES string of the molecule is CN(CCn1cnc2ccsc2c1=O)CC(C)(CO)CO. The summed E-state index contributed by atoms with van der Waals surface area (Å²) in [5.74, 6) is 0. The lowest BCUT2D eigenvalue weighted by Gasteiger charge is -2.30. The Morgan fingerprint density at radius 1 is 1.43 bits per heavy atom. The van der Waals surface area contributed by atoms with Crippen molar-refractivity contribution in [2.75, 3.05) is 33.4 Å². The van der Waals surface area contributed by atoms with Crippen LogP contribution in [-0.2, 0) is 6.54 Å². The monoisotopic (exact) mass is 311 g/mol. The normalized spacial score (nSPS) is 12.4. The van der Waals surface area contributed by atoms with Crippen molar-refractivity contribution in [1.29, 1.82) is 0 Å². The van der Waals surface area contributed by atoms with Crippen LogP contribution in [0.15, 0.2) is 22.6 Å². The van der Waals surface area contributed by atoms with E-state index in [1.165, 1.54) is 11.3 Å². The molecule has 0 radical (unpaired) electrons. The lowest BCUT2D eigenvalue weighted by molar-refractivity contribution is 0.0412. The highest BCUT2D eigenvalue weighted by Crippen LogP contribution is 2.15. The highest BCUT2D eigenvalue weighted by Gasteiger charge is 2.24. The van der Waals surface area contributed by atoms with Gasteiger partial charge in [-0.3, -0.25) is 9.36 Å². The molecule has 0 aliphatic rings. The Bertz CT molecular complexity index is 648. The first-order valence-corrected chi connectivity index (χ1v) is 7.70. The number of aliphatic hydroxyl groups is 2. The number of aromatic nitrogens is 2. The summed E-state index contributed by atoms with van der Waals surface area (Å²) in [6.45, 7) is 3.42. The van der Waals surface area contributed by atoms with Crippen LogP contribution in [0.25, 0.3) is 10.2 Å². The maximum atomic E-state index is 12.2. The van der Waals surface area contributed by atoms with E-state index in [0.717, 1.165) is 5.52 Å². The molecule has 2 rings (SSSR count). The number of likely N-dealkylation sites (N-methyl/N-ethyl adjacent to an activating group) is 1. The third kappa shape index (κ3) is 3.68. The fraction of sp³-hybridized carbons (Fsp3) is 0.571. The van der Waals surface area contributed by atoms with Gasteiger partial charge in [-0.1, -0.05) is 6.92 Å². The molecule has 6 nitrogen and oxygen atoms in total. The van der Waals surface area contributed by atoms with Crippen LogP contribution in [0.2, 0.25) is 0 Å². The molecule has 0 aromatic carbocycles. The standard InChI is InChI=1S/C14H21N3O3S/c1-14(8-18,9-19)7-16(2)4-5-17-10-15-11-3-6-21-12(11)13(17)20/h3,6,10,18-19H,4-5,7-9H2,1-2H3. The Morgan fingerprint density at radius 2 is 2.14 bits per heavy atom. The molecule has 0 unspecified atom stereocenters. The molecule has 0 saturated heterocycles. The third-order valence-corrected chi connectivity index (χ3v) is 4.47. The van der Waals surface area contributed by atoms with Gasteiger partial charge in [0.1, 0.15) is 4.70 Å². The number of hydrogen-bond donors (Lipinski definition) is 2. The van der Waals surface area contributed by atoms with Crippen molar-refractivity contribution in [2.24, 2.45) is 5.41 Å². The van der Waals surface area contributed by atoms with E-state index >= 15 is 0 Å². The summed E-state index contributed by atoms with van der Waals surface area (Å²) in [4.78, 5) is 18.5. The average Bonchev–Trinajstić information content (AvgIpc) is 2.96. The minimum Gasteiger partial charge on any atom is -0.396 e. The Balaban J connectivity index is 2.01. The molecule has 0 bridgehead atoms. The third-order valence-electron chi connectivity index (χ3n) is 3.57. The van der Waals surface area contributed by atoms with Gasteiger partial charge in [-0.05, 0) is 18.5 Å². The Morgan fingerprint density at radius 3 is 2.81 bits per heavy atom. The maximum absolute atomic E-state index is 12.2. The van der Waals surface area contributed by atoms with Gasteiger partial charge in [-0.25, -0.2) is 4.98 Å². The van der Waals surface area contributed by atoms with Crippen LogP contribution in [0, 0.1) is 5.41 Å². The minimum absolute atomic E-state index is 0.0181. The molecule has 2 aromatic rings. The van der Waals surface area contributed by atoms with Crippen molar-refractivity contribution >= 4 is 21.6 Å². The van der Waals surface area contributed by atoms with E-state index in [-0.39, 0.29) is 18.8 Å². The molecular formula is C14H21N3O3S. The van der Waals surface area contributed by atoms with Gasteiger partial charge in [-0.2, -0.15) is 0 Å². The van der Waals surface area contributed by atoms with Crippen LogP contribution < -0.4 is 5.56 Å². The van der Waals surface area contributed by atoms with Crippen LogP contribution in [-0.4, -0.2) is 58.0 Å². The van der Waals surface area contributed by atoms with Gasteiger partial charge in [-0.15, -0.1) is 11.3 Å². The van der Waals surface area contributed by atoms with E-state index < -0.39 is 5.41 Å². The van der Waals surface area contributed by atoms with Gasteiger partial charge in [0, 0.05) is 25.0 Å². The maximum Gasteiger partial charge on any atom is 0.271 e. The summed E-state index contributed by atoms with van der Waals surface area (Å²) in [7, 11) is 1.91. The molecule has 0 atom stereocenters. The summed E-state index contributed by atoms with van der Waals surface area (Å²) in [6.07, 6.45) is 1.57. The summed E-state index contributed by atoms with van der Waals surface area (Å²) >= 11 is 1.40. The first-order chi connectivity index (χ1) is 9.99. The summed E-state index contributed by atoms with van der Waals surface area (Å²) in [5.41, 5.74) is 0.188. The van der Waals surface area contributed by atoms with E-state index in [2.05, 4.69) is 4.98 Å². The predicted octanol–water partition coefficient (Wildman–Crippen LogP) is 0.381. The number of rotatable bonds is 7. The fourth-order valence-corrected chi connectivity index (χ4v) is 2.99. The number of thiophene rings is 1. The Labute approximate surface area is 127 Å². The second kappa shape index (κ2) is 6.65. The molecular weight excluding hydrogens is 290 g/mol. The zero-order valence-electron chi connectivity index (χ0n) is 12.3.